The molecule has 17 heavy (non-hydrogen) atoms. The molecule has 0 amide bonds. The lowest BCUT2D eigenvalue weighted by atomic mass is 9.69. The third-order valence-electron chi connectivity index (χ3n) is 4.23. The number of hydrogen-bond acceptors (Lipinski definition) is 3. The molecule has 2 bridgehead atoms. The van der Waals surface area contributed by atoms with Gasteiger partial charge in [0.15, 0.2) is 0 Å². The third kappa shape index (κ3) is 2.65. The first-order valence-corrected chi connectivity index (χ1v) is 6.78. The zero-order valence-electron chi connectivity index (χ0n) is 11.3. The Kier molecular flexibility index (Phi) is 3.23. The summed E-state index contributed by atoms with van der Waals surface area (Å²) in [6.45, 7) is 6.21. The molecule has 0 aromatic rings. The van der Waals surface area contributed by atoms with E-state index in [0.29, 0.717) is 18.4 Å². The summed E-state index contributed by atoms with van der Waals surface area (Å²) in [5.74, 6) is 1.33. The van der Waals surface area contributed by atoms with Crippen LogP contribution in [0.5, 0.6) is 0 Å². The fourth-order valence-corrected chi connectivity index (χ4v) is 3.54. The van der Waals surface area contributed by atoms with Crippen molar-refractivity contribution in [3.05, 3.63) is 0 Å². The summed E-state index contributed by atoms with van der Waals surface area (Å²) in [7, 11) is 0. The van der Waals surface area contributed by atoms with Crippen molar-refractivity contribution in [3.8, 4) is 0 Å². The molecule has 2 unspecified atom stereocenters. The molecule has 98 valence electrons. The fourth-order valence-electron chi connectivity index (χ4n) is 3.54. The van der Waals surface area contributed by atoms with Gasteiger partial charge in [0.05, 0.1) is 5.41 Å². The standard InChI is InChI=1S/C14H25NO2/c1-13(2,3)17-12(16)14(9-15)7-10-4-5-11(6-10)8-14/h10-11H,4-9,15H2,1-3H3. The van der Waals surface area contributed by atoms with Crippen molar-refractivity contribution in [2.24, 2.45) is 23.0 Å². The van der Waals surface area contributed by atoms with Gasteiger partial charge in [0.25, 0.3) is 0 Å². The second-order valence-electron chi connectivity index (χ2n) is 6.94. The van der Waals surface area contributed by atoms with E-state index in [9.17, 15) is 4.79 Å². The molecule has 2 atom stereocenters. The van der Waals surface area contributed by atoms with E-state index in [-0.39, 0.29) is 5.97 Å². The molecule has 0 aromatic heterocycles. The topological polar surface area (TPSA) is 52.3 Å². The first kappa shape index (κ1) is 12.9. The van der Waals surface area contributed by atoms with E-state index in [0.717, 1.165) is 12.8 Å². The Morgan fingerprint density at radius 2 is 1.82 bits per heavy atom. The van der Waals surface area contributed by atoms with Gasteiger partial charge in [-0.2, -0.15) is 0 Å². The molecule has 3 heteroatoms. The highest BCUT2D eigenvalue weighted by molar-refractivity contribution is 5.78. The van der Waals surface area contributed by atoms with E-state index in [1.165, 1.54) is 19.3 Å². The van der Waals surface area contributed by atoms with E-state index in [4.69, 9.17) is 10.5 Å². The molecule has 0 radical (unpaired) electrons. The van der Waals surface area contributed by atoms with Crippen molar-refractivity contribution >= 4 is 5.97 Å². The molecule has 2 N–H and O–H groups in total. The maximum Gasteiger partial charge on any atom is 0.313 e. The zero-order valence-corrected chi connectivity index (χ0v) is 11.3. The number of rotatable bonds is 2. The highest BCUT2D eigenvalue weighted by Crippen LogP contribution is 2.51. The van der Waals surface area contributed by atoms with Gasteiger partial charge in [-0.1, -0.05) is 12.8 Å². The van der Waals surface area contributed by atoms with Crippen LogP contribution in [-0.4, -0.2) is 18.1 Å². The first-order valence-electron chi connectivity index (χ1n) is 6.78. The summed E-state index contributed by atoms with van der Waals surface area (Å²) in [5.41, 5.74) is 5.11. The summed E-state index contributed by atoms with van der Waals surface area (Å²) < 4.78 is 5.58. The number of carbonyl (C=O) groups excluding carboxylic acids is 1. The summed E-state index contributed by atoms with van der Waals surface area (Å²) in [6.07, 6.45) is 5.72. The predicted octanol–water partition coefficient (Wildman–Crippen LogP) is 2.48. The number of ether oxygens (including phenoxy) is 1. The van der Waals surface area contributed by atoms with Gasteiger partial charge in [-0.3, -0.25) is 4.79 Å². The molecule has 0 heterocycles. The van der Waals surface area contributed by atoms with Gasteiger partial charge in [0, 0.05) is 6.54 Å². The largest absolute Gasteiger partial charge is 0.460 e. The molecule has 2 fully saturated rings. The van der Waals surface area contributed by atoms with Crippen molar-refractivity contribution in [1.29, 1.82) is 0 Å². The lowest BCUT2D eigenvalue weighted by Crippen LogP contribution is -2.46. The molecule has 0 saturated heterocycles. The Morgan fingerprint density at radius 3 is 2.24 bits per heavy atom. The average molecular weight is 239 g/mol. The number of carbonyl (C=O) groups is 1. The van der Waals surface area contributed by atoms with Crippen molar-refractivity contribution in [1.82, 2.24) is 0 Å². The van der Waals surface area contributed by atoms with Crippen molar-refractivity contribution < 1.29 is 9.53 Å². The third-order valence-corrected chi connectivity index (χ3v) is 4.23. The van der Waals surface area contributed by atoms with Gasteiger partial charge in [0.2, 0.25) is 0 Å². The number of fused-ring (bicyclic) bond motifs is 2. The van der Waals surface area contributed by atoms with E-state index >= 15 is 0 Å². The number of nitrogens with two attached hydrogens (primary N) is 1. The van der Waals surface area contributed by atoms with E-state index in [2.05, 4.69) is 0 Å². The first-order chi connectivity index (χ1) is 7.85. The molecular formula is C14H25NO2. The predicted molar refractivity (Wildman–Crippen MR) is 67.4 cm³/mol. The Balaban J connectivity index is 2.12. The second-order valence-corrected chi connectivity index (χ2v) is 6.94. The van der Waals surface area contributed by atoms with Crippen LogP contribution < -0.4 is 5.73 Å². The van der Waals surface area contributed by atoms with Gasteiger partial charge in [-0.25, -0.2) is 0 Å². The van der Waals surface area contributed by atoms with Crippen molar-refractivity contribution in [2.75, 3.05) is 6.54 Å². The average Bonchev–Trinajstić information content (AvgIpc) is 2.55. The van der Waals surface area contributed by atoms with E-state index in [1.807, 2.05) is 20.8 Å². The van der Waals surface area contributed by atoms with Crippen LogP contribution in [0.25, 0.3) is 0 Å². The smallest absolute Gasteiger partial charge is 0.313 e. The highest BCUT2D eigenvalue weighted by atomic mass is 16.6. The molecule has 0 spiro atoms. The zero-order chi connectivity index (χ0) is 12.7. The summed E-state index contributed by atoms with van der Waals surface area (Å²) >= 11 is 0. The maximum atomic E-state index is 12.4. The number of esters is 1. The van der Waals surface area contributed by atoms with Gasteiger partial charge in [0.1, 0.15) is 5.60 Å². The highest BCUT2D eigenvalue weighted by Gasteiger charge is 2.49. The SMILES string of the molecule is CC(C)(C)OC(=O)C1(CN)CC2CCC(C2)C1. The lowest BCUT2D eigenvalue weighted by Gasteiger charge is -2.39. The van der Waals surface area contributed by atoms with Crippen LogP contribution in [0.2, 0.25) is 0 Å². The molecule has 2 aliphatic carbocycles. The Labute approximate surface area is 104 Å². The van der Waals surface area contributed by atoms with E-state index < -0.39 is 11.0 Å². The van der Waals surface area contributed by atoms with Gasteiger partial charge in [-0.15, -0.1) is 0 Å². The minimum absolute atomic E-state index is 0.0656. The van der Waals surface area contributed by atoms with Crippen molar-refractivity contribution in [3.63, 3.8) is 0 Å². The minimum atomic E-state index is -0.407. The Morgan fingerprint density at radius 1 is 1.29 bits per heavy atom. The van der Waals surface area contributed by atoms with Gasteiger partial charge < -0.3 is 10.5 Å². The van der Waals surface area contributed by atoms with Crippen LogP contribution in [0.15, 0.2) is 0 Å². The van der Waals surface area contributed by atoms with Gasteiger partial charge >= 0.3 is 5.97 Å². The van der Waals surface area contributed by atoms with Crippen LogP contribution in [0.4, 0.5) is 0 Å². The van der Waals surface area contributed by atoms with Crippen molar-refractivity contribution in [2.45, 2.75) is 58.5 Å². The lowest BCUT2D eigenvalue weighted by molar-refractivity contribution is -0.170. The molecule has 2 rings (SSSR count). The number of hydrogen-bond donors (Lipinski definition) is 1. The fraction of sp³-hybridized carbons (Fsp3) is 0.929. The summed E-state index contributed by atoms with van der Waals surface area (Å²) in [4.78, 5) is 12.4. The van der Waals surface area contributed by atoms with Crippen LogP contribution >= 0.6 is 0 Å². The van der Waals surface area contributed by atoms with Crippen LogP contribution in [0.3, 0.4) is 0 Å². The molecule has 0 aliphatic heterocycles. The quantitative estimate of drug-likeness (QED) is 0.753. The molecule has 3 nitrogen and oxygen atoms in total. The van der Waals surface area contributed by atoms with Crippen LogP contribution in [0, 0.1) is 17.3 Å². The van der Waals surface area contributed by atoms with E-state index in [1.54, 1.807) is 0 Å². The monoisotopic (exact) mass is 239 g/mol. The Bertz CT molecular complexity index is 294. The van der Waals surface area contributed by atoms with Crippen LogP contribution in [0.1, 0.15) is 52.9 Å². The van der Waals surface area contributed by atoms with Gasteiger partial charge in [-0.05, 0) is 51.9 Å². The Hall–Kier alpha value is -0.570. The summed E-state index contributed by atoms with van der Waals surface area (Å²) in [6, 6.07) is 0. The normalized spacial score (nSPS) is 36.9. The molecule has 2 saturated carbocycles. The molecule has 2 aliphatic rings. The second kappa shape index (κ2) is 4.27. The molecule has 0 aromatic carbocycles. The molecular weight excluding hydrogens is 214 g/mol. The maximum absolute atomic E-state index is 12.4. The summed E-state index contributed by atoms with van der Waals surface area (Å²) in [5, 5.41) is 0. The minimum Gasteiger partial charge on any atom is -0.460 e. The van der Waals surface area contributed by atoms with Crippen LogP contribution in [-0.2, 0) is 9.53 Å².